The molecule has 284 valence electrons. The summed E-state index contributed by atoms with van der Waals surface area (Å²) in [5, 5.41) is 8.16. The van der Waals surface area contributed by atoms with Crippen molar-refractivity contribution in [2.75, 3.05) is 0 Å². The van der Waals surface area contributed by atoms with Gasteiger partial charge in [-0.15, -0.1) is 0 Å². The second-order valence-electron chi connectivity index (χ2n) is 15.6. The molecule has 0 bridgehead atoms. The molecule has 0 N–H and O–H groups in total. The molecule has 4 heteroatoms. The first kappa shape index (κ1) is 34.8. The van der Waals surface area contributed by atoms with E-state index < -0.39 is 0 Å². The lowest BCUT2D eigenvalue weighted by atomic mass is 9.97. The molecule has 0 radical (unpaired) electrons. The molecule has 0 atom stereocenters. The minimum atomic E-state index is 0.700. The van der Waals surface area contributed by atoms with Crippen molar-refractivity contribution in [2.24, 2.45) is 0 Å². The normalized spacial score (nSPS) is 11.6. The van der Waals surface area contributed by atoms with Gasteiger partial charge in [-0.05, 0) is 75.8 Å². The zero-order chi connectivity index (χ0) is 40.3. The van der Waals surface area contributed by atoms with Crippen molar-refractivity contribution in [1.29, 1.82) is 0 Å². The maximum absolute atomic E-state index is 5.39. The average molecular weight is 777 g/mol. The highest BCUT2D eigenvalue weighted by Gasteiger charge is 2.19. The molecule has 3 aromatic heterocycles. The Labute approximate surface area is 352 Å². The van der Waals surface area contributed by atoms with E-state index in [0.29, 0.717) is 5.82 Å². The molecule has 61 heavy (non-hydrogen) atoms. The van der Waals surface area contributed by atoms with Crippen LogP contribution >= 0.6 is 0 Å². The third-order valence-electron chi connectivity index (χ3n) is 12.0. The average Bonchev–Trinajstić information content (AvgIpc) is 3.66. The highest BCUT2D eigenvalue weighted by atomic mass is 15.0. The van der Waals surface area contributed by atoms with Crippen LogP contribution in [0, 0.1) is 0 Å². The van der Waals surface area contributed by atoms with Crippen LogP contribution in [0.5, 0.6) is 0 Å². The highest BCUT2D eigenvalue weighted by molar-refractivity contribution is 6.19. The van der Waals surface area contributed by atoms with Crippen LogP contribution in [0.4, 0.5) is 0 Å². The number of hydrogen-bond donors (Lipinski definition) is 0. The zero-order valence-corrected chi connectivity index (χ0v) is 33.1. The lowest BCUT2D eigenvalue weighted by molar-refractivity contribution is 1.18. The van der Waals surface area contributed by atoms with Gasteiger partial charge in [-0.3, -0.25) is 0 Å². The Morgan fingerprint density at radius 3 is 1.74 bits per heavy atom. The summed E-state index contributed by atoms with van der Waals surface area (Å²) in [6.07, 6.45) is 0. The number of benzene rings is 9. The topological polar surface area (TPSA) is 43.6 Å². The minimum Gasteiger partial charge on any atom is -0.309 e. The van der Waals surface area contributed by atoms with Gasteiger partial charge in [0, 0.05) is 49.5 Å². The molecule has 3 heterocycles. The third-order valence-corrected chi connectivity index (χ3v) is 12.0. The molecule has 0 amide bonds. The van der Waals surface area contributed by atoms with Crippen LogP contribution in [-0.4, -0.2) is 19.5 Å². The van der Waals surface area contributed by atoms with E-state index >= 15 is 0 Å². The van der Waals surface area contributed by atoms with Crippen LogP contribution in [0.25, 0.3) is 116 Å². The summed E-state index contributed by atoms with van der Waals surface area (Å²) in [6, 6.07) is 77.4. The van der Waals surface area contributed by atoms with Crippen molar-refractivity contribution in [3.8, 4) is 62.0 Å². The van der Waals surface area contributed by atoms with Crippen molar-refractivity contribution in [3.05, 3.63) is 218 Å². The monoisotopic (exact) mass is 776 g/mol. The van der Waals surface area contributed by atoms with Gasteiger partial charge in [-0.2, -0.15) is 0 Å². The predicted octanol–water partition coefficient (Wildman–Crippen LogP) is 14.8. The predicted molar refractivity (Wildman–Crippen MR) is 254 cm³/mol. The van der Waals surface area contributed by atoms with E-state index in [4.69, 9.17) is 15.0 Å². The third kappa shape index (κ3) is 5.96. The van der Waals surface area contributed by atoms with Gasteiger partial charge in [-0.25, -0.2) is 15.0 Å². The summed E-state index contributed by atoms with van der Waals surface area (Å²) in [6.45, 7) is 0. The summed E-state index contributed by atoms with van der Waals surface area (Å²) in [5.74, 6) is 0.700. The van der Waals surface area contributed by atoms with Crippen molar-refractivity contribution < 1.29 is 0 Å². The highest BCUT2D eigenvalue weighted by Crippen LogP contribution is 2.41. The maximum Gasteiger partial charge on any atom is 0.160 e. The summed E-state index contributed by atoms with van der Waals surface area (Å²) < 4.78 is 2.39. The van der Waals surface area contributed by atoms with Crippen LogP contribution in [-0.2, 0) is 0 Å². The molecule has 0 aliphatic carbocycles. The molecule has 0 fully saturated rings. The first-order chi connectivity index (χ1) is 30.2. The van der Waals surface area contributed by atoms with Gasteiger partial charge in [0.1, 0.15) is 0 Å². The summed E-state index contributed by atoms with van der Waals surface area (Å²) >= 11 is 0. The number of rotatable bonds is 6. The molecule has 0 aliphatic heterocycles. The fourth-order valence-corrected chi connectivity index (χ4v) is 9.07. The van der Waals surface area contributed by atoms with Crippen molar-refractivity contribution in [3.63, 3.8) is 0 Å². The van der Waals surface area contributed by atoms with Crippen LogP contribution in [0.15, 0.2) is 218 Å². The second-order valence-corrected chi connectivity index (χ2v) is 15.6. The van der Waals surface area contributed by atoms with Gasteiger partial charge in [-0.1, -0.05) is 170 Å². The largest absolute Gasteiger partial charge is 0.309 e. The molecular formula is C57H36N4. The maximum atomic E-state index is 5.39. The van der Waals surface area contributed by atoms with E-state index in [1.54, 1.807) is 0 Å². The van der Waals surface area contributed by atoms with Gasteiger partial charge in [0.15, 0.2) is 5.82 Å². The van der Waals surface area contributed by atoms with Crippen molar-refractivity contribution in [1.82, 2.24) is 19.5 Å². The van der Waals surface area contributed by atoms with Gasteiger partial charge in [0.05, 0.1) is 33.6 Å². The first-order valence-corrected chi connectivity index (χ1v) is 20.7. The fourth-order valence-electron chi connectivity index (χ4n) is 9.07. The lowest BCUT2D eigenvalue weighted by Gasteiger charge is -2.12. The van der Waals surface area contributed by atoms with Crippen LogP contribution < -0.4 is 0 Å². The quantitative estimate of drug-likeness (QED) is 0.158. The number of para-hydroxylation sites is 1. The molecule has 0 saturated heterocycles. The summed E-state index contributed by atoms with van der Waals surface area (Å²) in [5.41, 5.74) is 13.6. The van der Waals surface area contributed by atoms with Crippen molar-refractivity contribution >= 4 is 54.3 Å². The van der Waals surface area contributed by atoms with E-state index in [9.17, 15) is 0 Å². The van der Waals surface area contributed by atoms with Crippen molar-refractivity contribution in [2.45, 2.75) is 0 Å². The Morgan fingerprint density at radius 2 is 0.918 bits per heavy atom. The second kappa shape index (κ2) is 14.3. The summed E-state index contributed by atoms with van der Waals surface area (Å²) in [7, 11) is 0. The van der Waals surface area contributed by atoms with E-state index in [0.717, 1.165) is 94.2 Å². The molecule has 12 aromatic rings. The van der Waals surface area contributed by atoms with E-state index in [2.05, 4.69) is 205 Å². The Kier molecular flexibility index (Phi) is 8.13. The Bertz CT molecular complexity index is 3630. The van der Waals surface area contributed by atoms with Gasteiger partial charge < -0.3 is 4.57 Å². The Hall–Kier alpha value is -8.21. The summed E-state index contributed by atoms with van der Waals surface area (Å²) in [4.78, 5) is 15.8. The van der Waals surface area contributed by atoms with Crippen LogP contribution in [0.2, 0.25) is 0 Å². The lowest BCUT2D eigenvalue weighted by Crippen LogP contribution is -1.96. The molecule has 0 saturated carbocycles. The van der Waals surface area contributed by atoms with E-state index in [1.807, 2.05) is 18.2 Å². The fraction of sp³-hybridized carbons (Fsp3) is 0. The molecule has 0 unspecified atom stereocenters. The van der Waals surface area contributed by atoms with Crippen LogP contribution in [0.3, 0.4) is 0 Å². The number of pyridine rings is 1. The number of aromatic nitrogens is 4. The minimum absolute atomic E-state index is 0.700. The molecule has 9 aromatic carbocycles. The van der Waals surface area contributed by atoms with E-state index in [-0.39, 0.29) is 0 Å². The number of fused-ring (bicyclic) bond motifs is 7. The SMILES string of the molecule is c1ccc(-c2nc(-c3cccc(-c4ccc5c(c4)c4cc6nc(-c7ccccc7)c7ccccc7c6cc4n5-c4ccccc4)c3)cc(-c3cccc4ccccc34)n2)cc1. The molecular weight excluding hydrogens is 741 g/mol. The Morgan fingerprint density at radius 1 is 0.311 bits per heavy atom. The smallest absolute Gasteiger partial charge is 0.160 e. The van der Waals surface area contributed by atoms with Gasteiger partial charge in [0.2, 0.25) is 0 Å². The number of nitrogens with zero attached hydrogens (tertiary/aromatic N) is 4. The van der Waals surface area contributed by atoms with Gasteiger partial charge >= 0.3 is 0 Å². The first-order valence-electron chi connectivity index (χ1n) is 20.7. The van der Waals surface area contributed by atoms with Crippen LogP contribution in [0.1, 0.15) is 0 Å². The molecule has 12 rings (SSSR count). The molecule has 0 spiro atoms. The molecule has 0 aliphatic rings. The van der Waals surface area contributed by atoms with Gasteiger partial charge in [0.25, 0.3) is 0 Å². The Balaban J connectivity index is 1.05. The van der Waals surface area contributed by atoms with E-state index in [1.165, 1.54) is 16.2 Å². The zero-order valence-electron chi connectivity index (χ0n) is 33.1. The molecule has 4 nitrogen and oxygen atoms in total. The standard InChI is InChI=1S/C57H36N4/c1-4-17-38(18-5-1)56-47-28-13-12-27-45(47)48-35-55-50(34-52(48)58-56)49-33-41(30-31-54(49)61(55)43-24-8-3-9-25-43)40-22-14-23-42(32-40)51-36-53(60-57(59-51)39-19-6-2-7-20-39)46-29-15-21-37-16-10-11-26-44(37)46/h1-36H. The number of hydrogen-bond acceptors (Lipinski definition) is 3.